The fraction of sp³-hybridized carbons (Fsp3) is 0.190. The number of hydrogen-bond acceptors (Lipinski definition) is 4. The number of ether oxygens (including phenoxy) is 1. The zero-order chi connectivity index (χ0) is 19.2. The number of hydrogen-bond donors (Lipinski definition) is 2. The van der Waals surface area contributed by atoms with Crippen molar-refractivity contribution in [1.29, 1.82) is 0 Å². The van der Waals surface area contributed by atoms with Gasteiger partial charge in [0, 0.05) is 5.56 Å². The number of carbonyl (C=O) groups is 1. The van der Waals surface area contributed by atoms with Gasteiger partial charge in [0.05, 0.1) is 18.0 Å². The molecule has 6 nitrogen and oxygen atoms in total. The van der Waals surface area contributed by atoms with Crippen LogP contribution in [0.15, 0.2) is 59.7 Å². The molecule has 0 fully saturated rings. The summed E-state index contributed by atoms with van der Waals surface area (Å²) < 4.78 is 5.43. The summed E-state index contributed by atoms with van der Waals surface area (Å²) in [5, 5.41) is 11.1. The molecule has 6 heteroatoms. The molecule has 2 N–H and O–H groups in total. The van der Waals surface area contributed by atoms with Crippen LogP contribution in [0.5, 0.6) is 5.75 Å². The van der Waals surface area contributed by atoms with Crippen molar-refractivity contribution in [3.8, 4) is 17.0 Å². The second-order valence-electron chi connectivity index (χ2n) is 6.13. The molecule has 0 unspecified atom stereocenters. The van der Waals surface area contributed by atoms with Gasteiger partial charge in [-0.15, -0.1) is 0 Å². The Labute approximate surface area is 158 Å². The predicted molar refractivity (Wildman–Crippen MR) is 106 cm³/mol. The van der Waals surface area contributed by atoms with Crippen LogP contribution in [0.3, 0.4) is 0 Å². The molecule has 0 aliphatic rings. The second-order valence-corrected chi connectivity index (χ2v) is 6.13. The van der Waals surface area contributed by atoms with Crippen LogP contribution in [0.1, 0.15) is 35.5 Å². The zero-order valence-corrected chi connectivity index (χ0v) is 15.6. The van der Waals surface area contributed by atoms with Gasteiger partial charge >= 0.3 is 0 Å². The zero-order valence-electron chi connectivity index (χ0n) is 15.6. The maximum atomic E-state index is 12.3. The van der Waals surface area contributed by atoms with Gasteiger partial charge in [0.15, 0.2) is 0 Å². The third-order valence-corrected chi connectivity index (χ3v) is 4.08. The van der Waals surface area contributed by atoms with Gasteiger partial charge in [-0.2, -0.15) is 10.2 Å². The summed E-state index contributed by atoms with van der Waals surface area (Å²) >= 11 is 0. The van der Waals surface area contributed by atoms with Crippen molar-refractivity contribution in [2.24, 2.45) is 5.10 Å². The Morgan fingerprint density at radius 2 is 1.85 bits per heavy atom. The van der Waals surface area contributed by atoms with Gasteiger partial charge in [-0.05, 0) is 56.7 Å². The number of aromatic nitrogens is 2. The minimum atomic E-state index is -0.342. The third-order valence-electron chi connectivity index (χ3n) is 4.08. The number of carbonyl (C=O) groups excluding carboxylic acids is 1. The van der Waals surface area contributed by atoms with E-state index in [4.69, 9.17) is 4.74 Å². The molecular formula is C21H22N4O2. The number of benzene rings is 2. The topological polar surface area (TPSA) is 79.4 Å². The lowest BCUT2D eigenvalue weighted by Crippen LogP contribution is -2.19. The van der Waals surface area contributed by atoms with Crippen molar-refractivity contribution in [2.75, 3.05) is 6.61 Å². The Balaban J connectivity index is 1.67. The standard InChI is InChI=1S/C21H22N4O2/c1-4-27-18-11-9-17(10-12-18)19-13-20(24-23-19)21(26)25-22-15(3)16-7-5-14(2)6-8-16/h5-13H,4H2,1-3H3,(H,23,24)(H,25,26)/b22-15+. The molecule has 3 rings (SSSR count). The van der Waals surface area contributed by atoms with Gasteiger partial charge in [0.25, 0.3) is 5.91 Å². The van der Waals surface area contributed by atoms with E-state index in [-0.39, 0.29) is 5.91 Å². The maximum absolute atomic E-state index is 12.3. The summed E-state index contributed by atoms with van der Waals surface area (Å²) in [6, 6.07) is 17.2. The van der Waals surface area contributed by atoms with E-state index in [1.807, 2.05) is 69.3 Å². The van der Waals surface area contributed by atoms with Crippen LogP contribution < -0.4 is 10.2 Å². The smallest absolute Gasteiger partial charge is 0.289 e. The quantitative estimate of drug-likeness (QED) is 0.515. The molecule has 0 aliphatic heterocycles. The van der Waals surface area contributed by atoms with E-state index in [1.165, 1.54) is 5.56 Å². The minimum absolute atomic E-state index is 0.342. The minimum Gasteiger partial charge on any atom is -0.494 e. The fourth-order valence-corrected chi connectivity index (χ4v) is 2.53. The van der Waals surface area contributed by atoms with Crippen LogP contribution in [0, 0.1) is 6.92 Å². The van der Waals surface area contributed by atoms with Crippen molar-refractivity contribution < 1.29 is 9.53 Å². The summed E-state index contributed by atoms with van der Waals surface area (Å²) in [5.41, 5.74) is 7.35. The monoisotopic (exact) mass is 362 g/mol. The summed E-state index contributed by atoms with van der Waals surface area (Å²) in [7, 11) is 0. The predicted octanol–water partition coefficient (Wildman–Crippen LogP) is 3.94. The molecule has 0 spiro atoms. The average molecular weight is 362 g/mol. The molecule has 0 bridgehead atoms. The van der Waals surface area contributed by atoms with E-state index < -0.39 is 0 Å². The number of aryl methyl sites for hydroxylation is 1. The highest BCUT2D eigenvalue weighted by atomic mass is 16.5. The number of rotatable bonds is 6. The molecule has 0 radical (unpaired) electrons. The van der Waals surface area contributed by atoms with Crippen molar-refractivity contribution in [1.82, 2.24) is 15.6 Å². The lowest BCUT2D eigenvalue weighted by Gasteiger charge is -2.03. The molecule has 3 aromatic rings. The number of H-pyrrole nitrogens is 1. The maximum Gasteiger partial charge on any atom is 0.289 e. The molecule has 0 aliphatic carbocycles. The van der Waals surface area contributed by atoms with Crippen LogP contribution in [0.4, 0.5) is 0 Å². The van der Waals surface area contributed by atoms with E-state index in [9.17, 15) is 4.79 Å². The van der Waals surface area contributed by atoms with Crippen LogP contribution in [-0.2, 0) is 0 Å². The van der Waals surface area contributed by atoms with Crippen molar-refractivity contribution in [3.05, 3.63) is 71.4 Å². The van der Waals surface area contributed by atoms with Gasteiger partial charge < -0.3 is 4.74 Å². The molecule has 138 valence electrons. The van der Waals surface area contributed by atoms with Gasteiger partial charge in [-0.1, -0.05) is 29.8 Å². The van der Waals surface area contributed by atoms with E-state index >= 15 is 0 Å². The number of nitrogens with zero attached hydrogens (tertiary/aromatic N) is 2. The van der Waals surface area contributed by atoms with Crippen molar-refractivity contribution in [2.45, 2.75) is 20.8 Å². The Hall–Kier alpha value is -3.41. The second kappa shape index (κ2) is 8.31. The van der Waals surface area contributed by atoms with E-state index in [1.54, 1.807) is 6.07 Å². The van der Waals surface area contributed by atoms with Crippen LogP contribution in [0.25, 0.3) is 11.3 Å². The molecule has 2 aromatic carbocycles. The lowest BCUT2D eigenvalue weighted by atomic mass is 10.1. The lowest BCUT2D eigenvalue weighted by molar-refractivity contribution is 0.0950. The van der Waals surface area contributed by atoms with Crippen molar-refractivity contribution >= 4 is 11.6 Å². The molecule has 0 saturated heterocycles. The van der Waals surface area contributed by atoms with Gasteiger partial charge in [-0.25, -0.2) is 5.43 Å². The molecule has 0 atom stereocenters. The Morgan fingerprint density at radius 3 is 2.52 bits per heavy atom. The highest BCUT2D eigenvalue weighted by molar-refractivity contribution is 6.00. The van der Waals surface area contributed by atoms with Crippen LogP contribution in [-0.4, -0.2) is 28.4 Å². The van der Waals surface area contributed by atoms with E-state index in [2.05, 4.69) is 20.7 Å². The SMILES string of the molecule is CCOc1ccc(-c2cc(C(=O)N/N=C(\C)c3ccc(C)cc3)[nH]n2)cc1. The van der Waals surface area contributed by atoms with E-state index in [0.717, 1.165) is 22.6 Å². The first-order valence-electron chi connectivity index (χ1n) is 8.77. The number of nitrogens with one attached hydrogen (secondary N) is 2. The Morgan fingerprint density at radius 1 is 1.15 bits per heavy atom. The first-order chi connectivity index (χ1) is 13.1. The highest BCUT2D eigenvalue weighted by Crippen LogP contribution is 2.21. The normalized spacial score (nSPS) is 11.3. The van der Waals surface area contributed by atoms with Gasteiger partial charge in [0.1, 0.15) is 11.4 Å². The molecular weight excluding hydrogens is 340 g/mol. The molecule has 27 heavy (non-hydrogen) atoms. The largest absolute Gasteiger partial charge is 0.494 e. The van der Waals surface area contributed by atoms with Crippen LogP contribution >= 0.6 is 0 Å². The Kier molecular flexibility index (Phi) is 5.66. The van der Waals surface area contributed by atoms with Gasteiger partial charge in [-0.3, -0.25) is 9.89 Å². The summed E-state index contributed by atoms with van der Waals surface area (Å²) in [6.45, 7) is 6.44. The summed E-state index contributed by atoms with van der Waals surface area (Å²) in [5.74, 6) is 0.460. The molecule has 1 aromatic heterocycles. The van der Waals surface area contributed by atoms with E-state index in [0.29, 0.717) is 18.0 Å². The van der Waals surface area contributed by atoms with Crippen LogP contribution in [0.2, 0.25) is 0 Å². The average Bonchev–Trinajstić information content (AvgIpc) is 3.17. The first kappa shape index (κ1) is 18.4. The molecule has 0 saturated carbocycles. The fourth-order valence-electron chi connectivity index (χ4n) is 2.53. The first-order valence-corrected chi connectivity index (χ1v) is 8.77. The van der Waals surface area contributed by atoms with Gasteiger partial charge in [0.2, 0.25) is 0 Å². The molecule has 1 heterocycles. The number of amides is 1. The third kappa shape index (κ3) is 4.61. The summed E-state index contributed by atoms with van der Waals surface area (Å²) in [4.78, 5) is 12.3. The molecule has 1 amide bonds. The number of hydrazone groups is 1. The summed E-state index contributed by atoms with van der Waals surface area (Å²) in [6.07, 6.45) is 0. The van der Waals surface area contributed by atoms with Crippen molar-refractivity contribution in [3.63, 3.8) is 0 Å². The Bertz CT molecular complexity index is 941. The highest BCUT2D eigenvalue weighted by Gasteiger charge is 2.11. The number of aromatic amines is 1.